The van der Waals surface area contributed by atoms with Gasteiger partial charge in [-0.2, -0.15) is 0 Å². The number of aliphatic hydroxyl groups excluding tert-OH is 1. The molecule has 1 saturated heterocycles. The van der Waals surface area contributed by atoms with Gasteiger partial charge in [-0.15, -0.1) is 0 Å². The summed E-state index contributed by atoms with van der Waals surface area (Å²) in [6, 6.07) is 6.23. The molecule has 0 saturated carbocycles. The Morgan fingerprint density at radius 1 is 1.50 bits per heavy atom. The van der Waals surface area contributed by atoms with Gasteiger partial charge in [-0.3, -0.25) is 15.0 Å². The smallest absolute Gasteiger partial charge is 0.273 e. The Hall–Kier alpha value is -1.66. The summed E-state index contributed by atoms with van der Waals surface area (Å²) in [6.45, 7) is 3.43. The fraction of sp³-hybridized carbons (Fsp3) is 0.571. The van der Waals surface area contributed by atoms with Gasteiger partial charge < -0.3 is 9.84 Å². The number of benzene rings is 1. The van der Waals surface area contributed by atoms with Crippen molar-refractivity contribution in [1.82, 2.24) is 4.90 Å². The first-order chi connectivity index (χ1) is 9.69. The van der Waals surface area contributed by atoms with Crippen LogP contribution in [0.5, 0.6) is 5.75 Å². The molecule has 1 aliphatic heterocycles. The molecule has 1 N–H and O–H groups in total. The number of nitro benzene ring substituents is 1. The van der Waals surface area contributed by atoms with Crippen LogP contribution in [0.3, 0.4) is 0 Å². The fourth-order valence-electron chi connectivity index (χ4n) is 2.48. The van der Waals surface area contributed by atoms with Crippen LogP contribution in [0, 0.1) is 16.0 Å². The highest BCUT2D eigenvalue weighted by atomic mass is 16.6. The van der Waals surface area contributed by atoms with Crippen LogP contribution in [0.1, 0.15) is 12.8 Å². The minimum atomic E-state index is -0.427. The van der Waals surface area contributed by atoms with Crippen LogP contribution in [-0.2, 0) is 0 Å². The Bertz CT molecular complexity index is 453. The normalized spacial score (nSPS) is 19.8. The van der Waals surface area contributed by atoms with E-state index < -0.39 is 4.92 Å². The summed E-state index contributed by atoms with van der Waals surface area (Å²) in [7, 11) is 0. The molecule has 1 aromatic carbocycles. The number of hydrogen-bond donors (Lipinski definition) is 1. The molecule has 1 fully saturated rings. The van der Waals surface area contributed by atoms with E-state index in [0.717, 1.165) is 32.5 Å². The lowest BCUT2D eigenvalue weighted by Crippen LogP contribution is -2.39. The maximum absolute atomic E-state index is 10.7. The Morgan fingerprint density at radius 2 is 2.35 bits per heavy atom. The SMILES string of the molecule is O=[N+]([O-])c1cccc(OCCN2CCCC(CO)C2)c1. The van der Waals surface area contributed by atoms with E-state index in [1.165, 1.54) is 12.1 Å². The molecule has 0 radical (unpaired) electrons. The molecule has 0 aliphatic carbocycles. The zero-order valence-corrected chi connectivity index (χ0v) is 11.4. The summed E-state index contributed by atoms with van der Waals surface area (Å²) in [5.41, 5.74) is 0.0424. The summed E-state index contributed by atoms with van der Waals surface area (Å²) >= 11 is 0. The average Bonchev–Trinajstić information content (AvgIpc) is 2.48. The Morgan fingerprint density at radius 3 is 3.10 bits per heavy atom. The molecule has 6 heteroatoms. The van der Waals surface area contributed by atoms with E-state index in [0.29, 0.717) is 18.3 Å². The minimum absolute atomic E-state index is 0.0424. The van der Waals surface area contributed by atoms with Crippen LogP contribution in [0.25, 0.3) is 0 Å². The largest absolute Gasteiger partial charge is 0.492 e. The van der Waals surface area contributed by atoms with Crippen molar-refractivity contribution in [3.05, 3.63) is 34.4 Å². The van der Waals surface area contributed by atoms with Crippen LogP contribution >= 0.6 is 0 Å². The van der Waals surface area contributed by atoms with Crippen LogP contribution in [-0.4, -0.2) is 47.8 Å². The second-order valence-electron chi connectivity index (χ2n) is 5.09. The molecule has 0 bridgehead atoms. The molecule has 1 aromatic rings. The zero-order chi connectivity index (χ0) is 14.4. The van der Waals surface area contributed by atoms with Crippen LogP contribution < -0.4 is 4.74 Å². The van der Waals surface area contributed by atoms with Crippen LogP contribution in [0.4, 0.5) is 5.69 Å². The molecule has 0 amide bonds. The minimum Gasteiger partial charge on any atom is -0.492 e. The fourth-order valence-corrected chi connectivity index (χ4v) is 2.48. The molecule has 1 aliphatic rings. The third kappa shape index (κ3) is 4.18. The van der Waals surface area contributed by atoms with Gasteiger partial charge in [0.1, 0.15) is 12.4 Å². The van der Waals surface area contributed by atoms with Crippen molar-refractivity contribution in [1.29, 1.82) is 0 Å². The van der Waals surface area contributed by atoms with Crippen molar-refractivity contribution in [3.8, 4) is 5.75 Å². The van der Waals surface area contributed by atoms with E-state index in [9.17, 15) is 15.2 Å². The number of piperidine rings is 1. The van der Waals surface area contributed by atoms with Crippen molar-refractivity contribution in [2.24, 2.45) is 5.92 Å². The van der Waals surface area contributed by atoms with E-state index >= 15 is 0 Å². The standard InChI is InChI=1S/C14H20N2O4/c17-11-12-3-2-6-15(10-12)7-8-20-14-5-1-4-13(9-14)16(18)19/h1,4-5,9,12,17H,2-3,6-8,10-11H2. The molecular weight excluding hydrogens is 260 g/mol. The lowest BCUT2D eigenvalue weighted by molar-refractivity contribution is -0.384. The van der Waals surface area contributed by atoms with Gasteiger partial charge in [0.15, 0.2) is 0 Å². The van der Waals surface area contributed by atoms with E-state index in [4.69, 9.17) is 4.74 Å². The number of ether oxygens (including phenoxy) is 1. The molecule has 1 unspecified atom stereocenters. The first-order valence-electron chi connectivity index (χ1n) is 6.89. The summed E-state index contributed by atoms with van der Waals surface area (Å²) in [5, 5.41) is 19.8. The highest BCUT2D eigenvalue weighted by Crippen LogP contribution is 2.19. The number of nitrogens with zero attached hydrogens (tertiary/aromatic N) is 2. The lowest BCUT2D eigenvalue weighted by Gasteiger charge is -2.31. The second kappa shape index (κ2) is 7.21. The van der Waals surface area contributed by atoms with E-state index in [-0.39, 0.29) is 12.3 Å². The van der Waals surface area contributed by atoms with Crippen molar-refractivity contribution in [2.75, 3.05) is 32.8 Å². The Balaban J connectivity index is 1.78. The molecule has 0 aromatic heterocycles. The van der Waals surface area contributed by atoms with E-state index in [1.807, 2.05) is 0 Å². The Labute approximate surface area is 118 Å². The van der Waals surface area contributed by atoms with Crippen molar-refractivity contribution >= 4 is 5.69 Å². The van der Waals surface area contributed by atoms with Gasteiger partial charge in [-0.25, -0.2) is 0 Å². The zero-order valence-electron chi connectivity index (χ0n) is 11.4. The first kappa shape index (κ1) is 14.7. The highest BCUT2D eigenvalue weighted by molar-refractivity contribution is 5.37. The highest BCUT2D eigenvalue weighted by Gasteiger charge is 2.18. The van der Waals surface area contributed by atoms with E-state index in [2.05, 4.69) is 4.90 Å². The third-order valence-corrected chi connectivity index (χ3v) is 3.57. The van der Waals surface area contributed by atoms with Crippen LogP contribution in [0.2, 0.25) is 0 Å². The summed E-state index contributed by atoms with van der Waals surface area (Å²) in [5.74, 6) is 0.886. The average molecular weight is 280 g/mol. The molecular formula is C14H20N2O4. The van der Waals surface area contributed by atoms with Gasteiger partial charge in [0, 0.05) is 25.8 Å². The first-order valence-corrected chi connectivity index (χ1v) is 6.89. The van der Waals surface area contributed by atoms with Crippen LogP contribution in [0.15, 0.2) is 24.3 Å². The molecule has 2 rings (SSSR count). The van der Waals surface area contributed by atoms with Gasteiger partial charge in [-0.05, 0) is 31.4 Å². The second-order valence-corrected chi connectivity index (χ2v) is 5.09. The Kier molecular flexibility index (Phi) is 5.31. The summed E-state index contributed by atoms with van der Waals surface area (Å²) in [4.78, 5) is 12.5. The monoisotopic (exact) mass is 280 g/mol. The maximum atomic E-state index is 10.7. The number of non-ortho nitro benzene ring substituents is 1. The van der Waals surface area contributed by atoms with Gasteiger partial charge in [0.05, 0.1) is 11.0 Å². The third-order valence-electron chi connectivity index (χ3n) is 3.57. The van der Waals surface area contributed by atoms with Gasteiger partial charge in [-0.1, -0.05) is 6.07 Å². The predicted molar refractivity (Wildman–Crippen MR) is 74.8 cm³/mol. The topological polar surface area (TPSA) is 75.8 Å². The quantitative estimate of drug-likeness (QED) is 0.633. The van der Waals surface area contributed by atoms with Crippen molar-refractivity contribution < 1.29 is 14.8 Å². The number of hydrogen-bond acceptors (Lipinski definition) is 5. The molecule has 6 nitrogen and oxygen atoms in total. The van der Waals surface area contributed by atoms with Crippen molar-refractivity contribution in [3.63, 3.8) is 0 Å². The summed E-state index contributed by atoms with van der Waals surface area (Å²) in [6.07, 6.45) is 2.18. The molecule has 20 heavy (non-hydrogen) atoms. The number of aliphatic hydroxyl groups is 1. The summed E-state index contributed by atoms with van der Waals surface area (Å²) < 4.78 is 5.56. The van der Waals surface area contributed by atoms with Crippen molar-refractivity contribution in [2.45, 2.75) is 12.8 Å². The molecule has 1 heterocycles. The lowest BCUT2D eigenvalue weighted by atomic mass is 9.99. The van der Waals surface area contributed by atoms with Gasteiger partial charge in [0.2, 0.25) is 0 Å². The van der Waals surface area contributed by atoms with E-state index in [1.54, 1.807) is 12.1 Å². The molecule has 0 spiro atoms. The predicted octanol–water partition coefficient (Wildman–Crippen LogP) is 1.68. The van der Waals surface area contributed by atoms with Gasteiger partial charge in [0.25, 0.3) is 5.69 Å². The molecule has 110 valence electrons. The maximum Gasteiger partial charge on any atom is 0.273 e. The number of likely N-dealkylation sites (tertiary alicyclic amines) is 1. The van der Waals surface area contributed by atoms with Gasteiger partial charge >= 0.3 is 0 Å². The molecule has 1 atom stereocenters. The number of nitro groups is 1. The number of rotatable bonds is 6.